The number of rotatable bonds is 2. The minimum Gasteiger partial charge on any atom is -0.465 e. The van der Waals surface area contributed by atoms with Crippen molar-refractivity contribution in [3.63, 3.8) is 0 Å². The molecule has 2 aromatic rings. The van der Waals surface area contributed by atoms with Gasteiger partial charge < -0.3 is 15.3 Å². The van der Waals surface area contributed by atoms with Crippen LogP contribution in [0.2, 0.25) is 0 Å². The van der Waals surface area contributed by atoms with Crippen LogP contribution in [-0.4, -0.2) is 33.6 Å². The zero-order valence-corrected chi connectivity index (χ0v) is 11.8. The van der Waals surface area contributed by atoms with E-state index in [9.17, 15) is 18.0 Å². The lowest BCUT2D eigenvalue weighted by molar-refractivity contribution is -0.137. The monoisotopic (exact) mass is 326 g/mol. The van der Waals surface area contributed by atoms with Crippen molar-refractivity contribution in [2.75, 3.05) is 11.4 Å². The summed E-state index contributed by atoms with van der Waals surface area (Å²) >= 11 is 0. The highest BCUT2D eigenvalue weighted by Crippen LogP contribution is 2.33. The molecule has 0 fully saturated rings. The first-order chi connectivity index (χ1) is 10.8. The maximum atomic E-state index is 12.7. The van der Waals surface area contributed by atoms with Gasteiger partial charge in [-0.05, 0) is 24.3 Å². The van der Waals surface area contributed by atoms with Crippen LogP contribution in [0.25, 0.3) is 0 Å². The topological polar surface area (TPSA) is 70.4 Å². The summed E-state index contributed by atoms with van der Waals surface area (Å²) in [6.07, 6.45) is -3.98. The molecule has 1 aliphatic heterocycles. The van der Waals surface area contributed by atoms with Crippen molar-refractivity contribution >= 4 is 17.6 Å². The predicted molar refractivity (Wildman–Crippen MR) is 75.6 cm³/mol. The van der Waals surface area contributed by atoms with Crippen molar-refractivity contribution in [1.29, 1.82) is 0 Å². The largest absolute Gasteiger partial charge is 0.465 e. The average Bonchev–Trinajstić information content (AvgIpc) is 2.93. The van der Waals surface area contributed by atoms with E-state index < -0.39 is 23.9 Å². The third kappa shape index (κ3) is 3.08. The summed E-state index contributed by atoms with van der Waals surface area (Å²) in [6, 6.07) is 6.05. The molecule has 1 atom stereocenters. The lowest BCUT2D eigenvalue weighted by Gasteiger charge is -2.34. The molecule has 23 heavy (non-hydrogen) atoms. The molecule has 0 aliphatic carbocycles. The molecule has 0 saturated carbocycles. The van der Waals surface area contributed by atoms with Crippen LogP contribution in [0.15, 0.2) is 36.5 Å². The molecule has 1 aliphatic rings. The molecule has 6 nitrogen and oxygen atoms in total. The van der Waals surface area contributed by atoms with E-state index >= 15 is 0 Å². The minimum atomic E-state index is -4.39. The number of benzene rings is 1. The maximum absolute atomic E-state index is 12.7. The number of anilines is 2. The Balaban J connectivity index is 1.90. The van der Waals surface area contributed by atoms with Gasteiger partial charge in [0.1, 0.15) is 5.82 Å². The van der Waals surface area contributed by atoms with Crippen LogP contribution in [0.3, 0.4) is 0 Å². The molecular weight excluding hydrogens is 313 g/mol. The van der Waals surface area contributed by atoms with Crippen molar-refractivity contribution in [3.8, 4) is 0 Å². The van der Waals surface area contributed by atoms with E-state index in [4.69, 9.17) is 5.11 Å². The molecule has 0 bridgehead atoms. The van der Waals surface area contributed by atoms with Gasteiger partial charge in [-0.3, -0.25) is 0 Å². The summed E-state index contributed by atoms with van der Waals surface area (Å²) in [5.41, 5.74) is -0.191. The van der Waals surface area contributed by atoms with E-state index in [1.165, 1.54) is 12.1 Å². The van der Waals surface area contributed by atoms with Gasteiger partial charge in [0.25, 0.3) is 0 Å². The Hall–Kier alpha value is -2.71. The Morgan fingerprint density at radius 2 is 1.91 bits per heavy atom. The molecule has 1 unspecified atom stereocenters. The van der Waals surface area contributed by atoms with Gasteiger partial charge in [-0.2, -0.15) is 18.3 Å². The van der Waals surface area contributed by atoms with Crippen molar-refractivity contribution in [2.45, 2.75) is 18.8 Å². The first kappa shape index (κ1) is 15.2. The molecule has 3 rings (SSSR count). The smallest absolute Gasteiger partial charge is 0.416 e. The highest BCUT2D eigenvalue weighted by molar-refractivity contribution is 5.66. The Bertz CT molecular complexity index is 712. The number of nitrogens with one attached hydrogen (secondary N) is 1. The Morgan fingerprint density at radius 1 is 1.22 bits per heavy atom. The lowest BCUT2D eigenvalue weighted by Crippen LogP contribution is -2.48. The molecule has 9 heteroatoms. The Morgan fingerprint density at radius 3 is 2.52 bits per heavy atom. The summed E-state index contributed by atoms with van der Waals surface area (Å²) < 4.78 is 39.6. The lowest BCUT2D eigenvalue weighted by atomic mass is 10.1. The highest BCUT2D eigenvalue weighted by atomic mass is 19.4. The highest BCUT2D eigenvalue weighted by Gasteiger charge is 2.31. The van der Waals surface area contributed by atoms with Crippen LogP contribution < -0.4 is 10.2 Å². The van der Waals surface area contributed by atoms with E-state index in [0.717, 1.165) is 12.1 Å². The SMILES string of the molecule is O=C(O)NC1CN(c2ccc(C(F)(F)F)cc2)c2ccnn2C1. The Labute approximate surface area is 129 Å². The number of alkyl halides is 3. The number of amides is 1. The molecule has 0 saturated heterocycles. The molecule has 1 amide bonds. The second-order valence-corrected chi connectivity index (χ2v) is 5.17. The molecular formula is C14H13F3N4O2. The van der Waals surface area contributed by atoms with Gasteiger partial charge in [0, 0.05) is 18.3 Å². The maximum Gasteiger partial charge on any atom is 0.416 e. The van der Waals surface area contributed by atoms with Crippen molar-refractivity contribution in [2.24, 2.45) is 0 Å². The fraction of sp³-hybridized carbons (Fsp3) is 0.286. The fourth-order valence-electron chi connectivity index (χ4n) is 2.61. The van der Waals surface area contributed by atoms with Gasteiger partial charge in [-0.15, -0.1) is 0 Å². The number of hydrogen-bond acceptors (Lipinski definition) is 3. The number of halogens is 3. The second-order valence-electron chi connectivity index (χ2n) is 5.17. The van der Waals surface area contributed by atoms with Crippen molar-refractivity contribution in [1.82, 2.24) is 15.1 Å². The zero-order valence-electron chi connectivity index (χ0n) is 11.8. The third-order valence-corrected chi connectivity index (χ3v) is 3.60. The fourth-order valence-corrected chi connectivity index (χ4v) is 2.61. The van der Waals surface area contributed by atoms with E-state index in [-0.39, 0.29) is 0 Å². The molecule has 122 valence electrons. The van der Waals surface area contributed by atoms with Gasteiger partial charge >= 0.3 is 12.3 Å². The molecule has 0 spiro atoms. The first-order valence-electron chi connectivity index (χ1n) is 6.80. The summed E-state index contributed by atoms with van der Waals surface area (Å²) in [5.74, 6) is 0.702. The van der Waals surface area contributed by atoms with Gasteiger partial charge in [-0.25, -0.2) is 9.48 Å². The van der Waals surface area contributed by atoms with E-state index in [2.05, 4.69) is 10.4 Å². The van der Waals surface area contributed by atoms with Gasteiger partial charge in [-0.1, -0.05) is 0 Å². The van der Waals surface area contributed by atoms with Crippen LogP contribution >= 0.6 is 0 Å². The Kier molecular flexibility index (Phi) is 3.63. The third-order valence-electron chi connectivity index (χ3n) is 3.60. The number of fused-ring (bicyclic) bond motifs is 1. The number of hydrogen-bond donors (Lipinski definition) is 2. The minimum absolute atomic E-state index is 0.309. The molecule has 1 aromatic carbocycles. The quantitative estimate of drug-likeness (QED) is 0.890. The van der Waals surface area contributed by atoms with Crippen LogP contribution in [0.4, 0.5) is 29.5 Å². The number of carboxylic acid groups (broad SMARTS) is 1. The number of carbonyl (C=O) groups is 1. The van der Waals surface area contributed by atoms with Crippen LogP contribution in [0.1, 0.15) is 5.56 Å². The summed E-state index contributed by atoms with van der Waals surface area (Å²) in [4.78, 5) is 12.6. The van der Waals surface area contributed by atoms with Gasteiger partial charge in [0.2, 0.25) is 0 Å². The summed E-state index contributed by atoms with van der Waals surface area (Å²) in [5, 5.41) is 15.4. The molecule has 1 aromatic heterocycles. The van der Waals surface area contributed by atoms with Gasteiger partial charge in [0.15, 0.2) is 0 Å². The van der Waals surface area contributed by atoms with E-state index in [1.807, 2.05) is 0 Å². The van der Waals surface area contributed by atoms with E-state index in [0.29, 0.717) is 24.6 Å². The molecule has 2 N–H and O–H groups in total. The average molecular weight is 326 g/mol. The van der Waals surface area contributed by atoms with Crippen molar-refractivity contribution in [3.05, 3.63) is 42.1 Å². The summed E-state index contributed by atoms with van der Waals surface area (Å²) in [6.45, 7) is 0.676. The van der Waals surface area contributed by atoms with Crippen LogP contribution in [-0.2, 0) is 12.7 Å². The predicted octanol–water partition coefficient (Wildman–Crippen LogP) is 2.69. The van der Waals surface area contributed by atoms with Crippen molar-refractivity contribution < 1.29 is 23.1 Å². The van der Waals surface area contributed by atoms with Crippen LogP contribution in [0, 0.1) is 0 Å². The number of nitrogens with zero attached hydrogens (tertiary/aromatic N) is 3. The summed E-state index contributed by atoms with van der Waals surface area (Å²) in [7, 11) is 0. The van der Waals surface area contributed by atoms with Crippen LogP contribution in [0.5, 0.6) is 0 Å². The molecule has 2 heterocycles. The standard InChI is InChI=1S/C14H13F3N4O2/c15-14(16,17)9-1-3-11(4-2-9)20-7-10(19-13(22)23)8-21-12(20)5-6-18-21/h1-6,10,19H,7-8H2,(H,22,23). The number of aromatic nitrogens is 2. The van der Waals surface area contributed by atoms with Gasteiger partial charge in [0.05, 0.1) is 24.3 Å². The molecule has 0 radical (unpaired) electrons. The zero-order chi connectivity index (χ0) is 16.6. The normalized spacial score (nSPS) is 17.7. The second kappa shape index (κ2) is 5.49. The van der Waals surface area contributed by atoms with E-state index in [1.54, 1.807) is 21.8 Å². The first-order valence-corrected chi connectivity index (χ1v) is 6.80.